The van der Waals surface area contributed by atoms with E-state index in [4.69, 9.17) is 10.5 Å². The summed E-state index contributed by atoms with van der Waals surface area (Å²) in [7, 11) is 0. The van der Waals surface area contributed by atoms with Gasteiger partial charge >= 0.3 is 0 Å². The van der Waals surface area contributed by atoms with E-state index < -0.39 is 5.91 Å². The molecule has 0 fully saturated rings. The first kappa shape index (κ1) is 17.5. The van der Waals surface area contributed by atoms with Gasteiger partial charge in [0.2, 0.25) is 5.91 Å². The molecule has 0 spiro atoms. The largest absolute Gasteiger partial charge is 0.490 e. The van der Waals surface area contributed by atoms with Crippen molar-refractivity contribution in [2.45, 2.75) is 20.3 Å². The molecule has 2 aromatic heterocycles. The number of fused-ring (bicyclic) bond motifs is 1. The number of aryl methyl sites for hydroxylation is 1. The zero-order chi connectivity index (χ0) is 18.7. The molecule has 3 aromatic rings. The molecule has 0 aliphatic heterocycles. The van der Waals surface area contributed by atoms with Gasteiger partial charge in [0.25, 0.3) is 5.91 Å². The van der Waals surface area contributed by atoms with E-state index in [1.54, 1.807) is 34.9 Å². The van der Waals surface area contributed by atoms with Crippen molar-refractivity contribution in [1.82, 2.24) is 9.38 Å². The number of carbonyl (C=O) groups excluding carboxylic acids is 2. The minimum absolute atomic E-state index is 0.283. The molecule has 3 rings (SSSR count). The molecule has 0 atom stereocenters. The molecule has 3 N–H and O–H groups in total. The Morgan fingerprint density at radius 3 is 2.54 bits per heavy atom. The van der Waals surface area contributed by atoms with Gasteiger partial charge in [0.15, 0.2) is 11.4 Å². The molecule has 0 saturated heterocycles. The van der Waals surface area contributed by atoms with Gasteiger partial charge < -0.3 is 15.8 Å². The summed E-state index contributed by atoms with van der Waals surface area (Å²) in [4.78, 5) is 28.6. The van der Waals surface area contributed by atoms with Crippen molar-refractivity contribution in [3.63, 3.8) is 0 Å². The first-order chi connectivity index (χ1) is 12.5. The van der Waals surface area contributed by atoms with Gasteiger partial charge in [-0.3, -0.25) is 14.0 Å². The number of hydrogen-bond donors (Lipinski definition) is 2. The maximum Gasteiger partial charge on any atom is 0.274 e. The van der Waals surface area contributed by atoms with Crippen molar-refractivity contribution in [3.8, 4) is 5.75 Å². The molecule has 0 bridgehead atoms. The van der Waals surface area contributed by atoms with Crippen LogP contribution in [0, 0.1) is 0 Å². The van der Waals surface area contributed by atoms with Crippen molar-refractivity contribution in [2.24, 2.45) is 5.73 Å². The summed E-state index contributed by atoms with van der Waals surface area (Å²) in [6, 6.07) is 10.1. The molecule has 7 nitrogen and oxygen atoms in total. The zero-order valence-corrected chi connectivity index (χ0v) is 14.7. The zero-order valence-electron chi connectivity index (χ0n) is 14.7. The second kappa shape index (κ2) is 7.26. The number of carbonyl (C=O) groups is 2. The molecule has 0 aliphatic carbocycles. The number of hydrogen-bond acceptors (Lipinski definition) is 4. The van der Waals surface area contributed by atoms with Crippen LogP contribution >= 0.6 is 0 Å². The lowest BCUT2D eigenvalue weighted by molar-refractivity contribution is 0.0997. The van der Waals surface area contributed by atoms with Crippen molar-refractivity contribution in [1.29, 1.82) is 0 Å². The highest BCUT2D eigenvalue weighted by molar-refractivity contribution is 6.05. The quantitative estimate of drug-likeness (QED) is 0.712. The number of nitrogens with two attached hydrogens (primary N) is 1. The maximum absolute atomic E-state index is 12.9. The topological polar surface area (TPSA) is 98.7 Å². The lowest BCUT2D eigenvalue weighted by Gasteiger charge is -2.08. The van der Waals surface area contributed by atoms with Crippen molar-refractivity contribution < 1.29 is 14.3 Å². The first-order valence-corrected chi connectivity index (χ1v) is 8.39. The van der Waals surface area contributed by atoms with E-state index in [1.807, 2.05) is 26.0 Å². The van der Waals surface area contributed by atoms with Crippen LogP contribution in [-0.4, -0.2) is 27.8 Å². The number of aromatic nitrogens is 2. The van der Waals surface area contributed by atoms with Gasteiger partial charge in [-0.1, -0.05) is 6.92 Å². The highest BCUT2D eigenvalue weighted by Crippen LogP contribution is 2.23. The monoisotopic (exact) mass is 352 g/mol. The number of primary amides is 1. The molecule has 1 aromatic carbocycles. The van der Waals surface area contributed by atoms with Crippen LogP contribution in [-0.2, 0) is 6.42 Å². The van der Waals surface area contributed by atoms with Crippen molar-refractivity contribution in [3.05, 3.63) is 59.5 Å². The first-order valence-electron chi connectivity index (χ1n) is 8.39. The van der Waals surface area contributed by atoms with Gasteiger partial charge in [-0.05, 0) is 49.7 Å². The predicted octanol–water partition coefficient (Wildman–Crippen LogP) is 2.65. The predicted molar refractivity (Wildman–Crippen MR) is 98.7 cm³/mol. The Morgan fingerprint density at radius 1 is 1.19 bits per heavy atom. The third kappa shape index (κ3) is 3.23. The number of amides is 2. The number of pyridine rings is 1. The molecule has 26 heavy (non-hydrogen) atoms. The summed E-state index contributed by atoms with van der Waals surface area (Å²) in [5, 5.41) is 2.84. The smallest absolute Gasteiger partial charge is 0.274 e. The molecule has 0 radical (unpaired) electrons. The van der Waals surface area contributed by atoms with Crippen LogP contribution in [0.4, 0.5) is 5.69 Å². The van der Waals surface area contributed by atoms with E-state index in [1.165, 1.54) is 0 Å². The summed E-state index contributed by atoms with van der Waals surface area (Å²) in [5.74, 6) is -0.161. The van der Waals surface area contributed by atoms with Crippen LogP contribution in [0.25, 0.3) is 5.65 Å². The lowest BCUT2D eigenvalue weighted by atomic mass is 10.2. The second-order valence-electron chi connectivity index (χ2n) is 5.66. The Bertz CT molecular complexity index is 961. The average Bonchev–Trinajstić information content (AvgIpc) is 3.02. The van der Waals surface area contributed by atoms with Crippen LogP contribution in [0.2, 0.25) is 0 Å². The fraction of sp³-hybridized carbons (Fsp3) is 0.211. The van der Waals surface area contributed by atoms with E-state index in [0.717, 1.165) is 0 Å². The molecule has 2 amide bonds. The van der Waals surface area contributed by atoms with Crippen LogP contribution in [0.15, 0.2) is 42.6 Å². The molecule has 0 unspecified atom stereocenters. The number of anilines is 1. The molecule has 134 valence electrons. The number of imidazole rings is 1. The molecule has 7 heteroatoms. The number of nitrogens with one attached hydrogen (secondary N) is 1. The fourth-order valence-corrected chi connectivity index (χ4v) is 2.75. The Labute approximate surface area is 150 Å². The third-order valence-electron chi connectivity index (χ3n) is 3.96. The molecule has 0 saturated carbocycles. The molecular weight excluding hydrogens is 332 g/mol. The van der Waals surface area contributed by atoms with E-state index in [9.17, 15) is 9.59 Å². The highest BCUT2D eigenvalue weighted by atomic mass is 16.5. The maximum atomic E-state index is 12.9. The average molecular weight is 352 g/mol. The number of nitrogens with zero attached hydrogens (tertiary/aromatic N) is 2. The van der Waals surface area contributed by atoms with Gasteiger partial charge in [-0.2, -0.15) is 0 Å². The highest BCUT2D eigenvalue weighted by Gasteiger charge is 2.20. The van der Waals surface area contributed by atoms with Gasteiger partial charge in [0, 0.05) is 17.4 Å². The van der Waals surface area contributed by atoms with Gasteiger partial charge in [-0.15, -0.1) is 0 Å². The summed E-state index contributed by atoms with van der Waals surface area (Å²) in [6.45, 7) is 4.36. The summed E-state index contributed by atoms with van der Waals surface area (Å²) in [6.07, 6.45) is 2.39. The van der Waals surface area contributed by atoms with E-state index in [-0.39, 0.29) is 5.91 Å². The van der Waals surface area contributed by atoms with Gasteiger partial charge in [0.1, 0.15) is 5.69 Å². The number of ether oxygens (including phenoxy) is 1. The van der Waals surface area contributed by atoms with Crippen LogP contribution < -0.4 is 15.8 Å². The van der Waals surface area contributed by atoms with Gasteiger partial charge in [0.05, 0.1) is 12.3 Å². The normalized spacial score (nSPS) is 10.7. The minimum atomic E-state index is -0.513. The summed E-state index contributed by atoms with van der Waals surface area (Å²) in [5.41, 5.74) is 7.94. The van der Waals surface area contributed by atoms with Gasteiger partial charge in [-0.25, -0.2) is 4.98 Å². The summed E-state index contributed by atoms with van der Waals surface area (Å²) >= 11 is 0. The Kier molecular flexibility index (Phi) is 4.88. The number of rotatable bonds is 6. The standard InChI is InChI=1S/C19H20N4O3/c1-3-14-16(23-11-5-6-15(26-4-2)18(23)22-14)19(25)21-13-9-7-12(8-10-13)17(20)24/h5-11H,3-4H2,1-2H3,(H2,20,24)(H,21,25). The molecule has 0 aliphatic rings. The van der Waals surface area contributed by atoms with E-state index >= 15 is 0 Å². The Balaban J connectivity index is 1.97. The number of benzene rings is 1. The van der Waals surface area contributed by atoms with Crippen molar-refractivity contribution >= 4 is 23.1 Å². The van der Waals surface area contributed by atoms with Crippen LogP contribution in [0.5, 0.6) is 5.75 Å². The minimum Gasteiger partial charge on any atom is -0.490 e. The molecule has 2 heterocycles. The summed E-state index contributed by atoms with van der Waals surface area (Å²) < 4.78 is 7.34. The third-order valence-corrected chi connectivity index (χ3v) is 3.96. The fourth-order valence-electron chi connectivity index (χ4n) is 2.75. The van der Waals surface area contributed by atoms with Crippen LogP contribution in [0.3, 0.4) is 0 Å². The SMILES string of the molecule is CCOc1cccn2c(C(=O)Nc3ccc(C(N)=O)cc3)c(CC)nc12. The Morgan fingerprint density at radius 2 is 1.92 bits per heavy atom. The second-order valence-corrected chi connectivity index (χ2v) is 5.66. The lowest BCUT2D eigenvalue weighted by Crippen LogP contribution is -2.16. The van der Waals surface area contributed by atoms with Crippen molar-refractivity contribution in [2.75, 3.05) is 11.9 Å². The van der Waals surface area contributed by atoms with E-state index in [0.29, 0.717) is 47.1 Å². The van der Waals surface area contributed by atoms with E-state index in [2.05, 4.69) is 10.3 Å². The van der Waals surface area contributed by atoms with Crippen LogP contribution in [0.1, 0.15) is 40.4 Å². The molecular formula is C19H20N4O3. The Hall–Kier alpha value is -3.35.